The lowest BCUT2D eigenvalue weighted by atomic mass is 10.1. The second-order valence-corrected chi connectivity index (χ2v) is 5.68. The Morgan fingerprint density at radius 3 is 2.70 bits per heavy atom. The van der Waals surface area contributed by atoms with Crippen LogP contribution in [0.1, 0.15) is 30.9 Å². The van der Waals surface area contributed by atoms with Crippen LogP contribution in [0.25, 0.3) is 0 Å². The molecule has 1 saturated heterocycles. The second-order valence-electron chi connectivity index (χ2n) is 5.68. The van der Waals surface area contributed by atoms with E-state index in [1.54, 1.807) is 0 Å². The Labute approximate surface area is 155 Å². The molecular weight excluding hydrogens is 403 g/mol. The van der Waals surface area contributed by atoms with Crippen LogP contribution in [0.3, 0.4) is 0 Å². The number of guanidine groups is 1. The molecule has 1 atom stereocenters. The number of hydrogen-bond donors (Lipinski definition) is 3. The van der Waals surface area contributed by atoms with Crippen molar-refractivity contribution in [1.29, 1.82) is 0 Å². The van der Waals surface area contributed by atoms with Crippen LogP contribution in [0.2, 0.25) is 0 Å². The van der Waals surface area contributed by atoms with E-state index >= 15 is 0 Å². The van der Waals surface area contributed by atoms with Crippen LogP contribution in [-0.2, 0) is 11.2 Å². The highest BCUT2D eigenvalue weighted by atomic mass is 127. The summed E-state index contributed by atoms with van der Waals surface area (Å²) in [5, 5.41) is 9.54. The van der Waals surface area contributed by atoms with Gasteiger partial charge in [0.2, 0.25) is 5.91 Å². The minimum Gasteiger partial charge on any atom is -0.357 e. The topological polar surface area (TPSA) is 65.5 Å². The zero-order valence-electron chi connectivity index (χ0n) is 13.9. The average molecular weight is 430 g/mol. The van der Waals surface area contributed by atoms with Gasteiger partial charge in [0.05, 0.1) is 0 Å². The molecule has 1 aliphatic rings. The fourth-order valence-electron chi connectivity index (χ4n) is 2.42. The van der Waals surface area contributed by atoms with Crippen molar-refractivity contribution < 1.29 is 4.79 Å². The van der Waals surface area contributed by atoms with Crippen LogP contribution < -0.4 is 16.0 Å². The summed E-state index contributed by atoms with van der Waals surface area (Å²) in [6.07, 6.45) is 2.37. The van der Waals surface area contributed by atoms with Gasteiger partial charge in [0, 0.05) is 32.1 Å². The third-order valence-corrected chi connectivity index (χ3v) is 3.74. The molecule has 1 fully saturated rings. The van der Waals surface area contributed by atoms with Crippen molar-refractivity contribution in [2.24, 2.45) is 4.99 Å². The van der Waals surface area contributed by atoms with Crippen LogP contribution in [0.5, 0.6) is 0 Å². The molecule has 1 aromatic rings. The third kappa shape index (κ3) is 7.20. The van der Waals surface area contributed by atoms with Gasteiger partial charge in [0.25, 0.3) is 0 Å². The summed E-state index contributed by atoms with van der Waals surface area (Å²) in [4.78, 5) is 15.8. The summed E-state index contributed by atoms with van der Waals surface area (Å²) in [5.41, 5.74) is 2.58. The predicted octanol–water partition coefficient (Wildman–Crippen LogP) is 1.99. The van der Waals surface area contributed by atoms with E-state index in [0.717, 1.165) is 31.9 Å². The molecule has 1 aromatic carbocycles. The lowest BCUT2D eigenvalue weighted by Crippen LogP contribution is -2.51. The molecule has 1 unspecified atom stereocenters. The Hall–Kier alpha value is -1.31. The lowest BCUT2D eigenvalue weighted by molar-refractivity contribution is -0.122. The smallest absolute Gasteiger partial charge is 0.220 e. The molecule has 2 rings (SSSR count). The number of nitrogens with one attached hydrogen (secondary N) is 3. The number of carbonyl (C=O) groups is 1. The molecule has 1 amide bonds. The van der Waals surface area contributed by atoms with E-state index in [2.05, 4.69) is 59.1 Å². The van der Waals surface area contributed by atoms with E-state index in [4.69, 9.17) is 0 Å². The summed E-state index contributed by atoms with van der Waals surface area (Å²) >= 11 is 0. The summed E-state index contributed by atoms with van der Waals surface area (Å²) < 4.78 is 0. The number of hydrogen-bond acceptors (Lipinski definition) is 2. The molecule has 3 N–H and O–H groups in total. The van der Waals surface area contributed by atoms with Crippen LogP contribution in [-0.4, -0.2) is 37.5 Å². The first-order valence-electron chi connectivity index (χ1n) is 8.04. The van der Waals surface area contributed by atoms with Crippen molar-refractivity contribution in [1.82, 2.24) is 16.0 Å². The molecule has 0 saturated carbocycles. The zero-order valence-corrected chi connectivity index (χ0v) is 16.2. The number of amides is 1. The fourth-order valence-corrected chi connectivity index (χ4v) is 2.42. The van der Waals surface area contributed by atoms with Crippen LogP contribution in [0, 0.1) is 6.92 Å². The van der Waals surface area contributed by atoms with Crippen molar-refractivity contribution >= 4 is 35.8 Å². The van der Waals surface area contributed by atoms with Gasteiger partial charge in [-0.1, -0.05) is 29.8 Å². The van der Waals surface area contributed by atoms with E-state index < -0.39 is 0 Å². The highest BCUT2D eigenvalue weighted by Gasteiger charge is 2.18. The zero-order chi connectivity index (χ0) is 15.8. The van der Waals surface area contributed by atoms with Gasteiger partial charge < -0.3 is 16.0 Å². The Morgan fingerprint density at radius 1 is 1.35 bits per heavy atom. The predicted molar refractivity (Wildman–Crippen MR) is 105 cm³/mol. The van der Waals surface area contributed by atoms with E-state index in [1.165, 1.54) is 11.1 Å². The van der Waals surface area contributed by atoms with E-state index in [0.29, 0.717) is 13.0 Å². The number of carbonyl (C=O) groups excluding carboxylic acids is 1. The molecule has 0 radical (unpaired) electrons. The minimum absolute atomic E-state index is 0. The van der Waals surface area contributed by atoms with Gasteiger partial charge in [-0.2, -0.15) is 0 Å². The van der Waals surface area contributed by atoms with Crippen molar-refractivity contribution in [3.05, 3.63) is 35.4 Å². The number of nitrogens with zero attached hydrogens (tertiary/aromatic N) is 1. The second kappa shape index (κ2) is 10.5. The Bertz CT molecular complexity index is 506. The molecule has 0 spiro atoms. The molecule has 23 heavy (non-hydrogen) atoms. The number of benzene rings is 1. The minimum atomic E-state index is 0. The number of aliphatic imine (C=N–C) groups is 1. The molecule has 0 aliphatic carbocycles. The van der Waals surface area contributed by atoms with Gasteiger partial charge in [-0.25, -0.2) is 0 Å². The number of rotatable bonds is 5. The first-order valence-corrected chi connectivity index (χ1v) is 8.04. The molecule has 1 aliphatic heterocycles. The number of halogens is 1. The maximum absolute atomic E-state index is 11.2. The van der Waals surface area contributed by atoms with Crippen molar-refractivity contribution in [2.45, 2.75) is 39.2 Å². The largest absolute Gasteiger partial charge is 0.357 e. The van der Waals surface area contributed by atoms with Crippen LogP contribution >= 0.6 is 24.0 Å². The van der Waals surface area contributed by atoms with Gasteiger partial charge in [0.1, 0.15) is 0 Å². The monoisotopic (exact) mass is 430 g/mol. The molecule has 128 valence electrons. The van der Waals surface area contributed by atoms with Crippen molar-refractivity contribution in [2.75, 3.05) is 19.6 Å². The van der Waals surface area contributed by atoms with Crippen molar-refractivity contribution in [3.8, 4) is 0 Å². The van der Waals surface area contributed by atoms with Gasteiger partial charge in [-0.15, -0.1) is 24.0 Å². The fraction of sp³-hybridized carbons (Fsp3) is 0.529. The molecule has 0 bridgehead atoms. The average Bonchev–Trinajstić information content (AvgIpc) is 2.52. The summed E-state index contributed by atoms with van der Waals surface area (Å²) in [6, 6.07) is 8.83. The van der Waals surface area contributed by atoms with E-state index in [-0.39, 0.29) is 35.9 Å². The summed E-state index contributed by atoms with van der Waals surface area (Å²) in [6.45, 7) is 6.39. The van der Waals surface area contributed by atoms with Crippen LogP contribution in [0.4, 0.5) is 0 Å². The number of aryl methyl sites for hydroxylation is 1. The molecule has 6 heteroatoms. The Kier molecular flexibility index (Phi) is 8.98. The quantitative estimate of drug-likeness (QED) is 0.381. The Morgan fingerprint density at radius 2 is 2.09 bits per heavy atom. The lowest BCUT2D eigenvalue weighted by Gasteiger charge is -2.25. The van der Waals surface area contributed by atoms with Gasteiger partial charge >= 0.3 is 0 Å². The SMILES string of the molecule is CCNC(=NCCc1ccc(C)cc1)NC1CCC(=O)NC1.I. The highest BCUT2D eigenvalue weighted by molar-refractivity contribution is 14.0. The van der Waals surface area contributed by atoms with E-state index in [9.17, 15) is 4.79 Å². The molecule has 1 heterocycles. The van der Waals surface area contributed by atoms with E-state index in [1.807, 2.05) is 0 Å². The maximum Gasteiger partial charge on any atom is 0.220 e. The number of piperidine rings is 1. The van der Waals surface area contributed by atoms with Crippen molar-refractivity contribution in [3.63, 3.8) is 0 Å². The molecular formula is C17H27IN4O. The third-order valence-electron chi connectivity index (χ3n) is 3.74. The van der Waals surface area contributed by atoms with Gasteiger partial charge in [-0.3, -0.25) is 9.79 Å². The molecule has 0 aromatic heterocycles. The normalized spacial score (nSPS) is 17.9. The first-order chi connectivity index (χ1) is 10.7. The highest BCUT2D eigenvalue weighted by Crippen LogP contribution is 2.04. The van der Waals surface area contributed by atoms with Crippen LogP contribution in [0.15, 0.2) is 29.3 Å². The maximum atomic E-state index is 11.2. The standard InChI is InChI=1S/C17H26N4O.HI/c1-3-18-17(21-15-8-9-16(22)20-12-15)19-11-10-14-6-4-13(2)5-7-14;/h4-7,15H,3,8-12H2,1-2H3,(H,20,22)(H2,18,19,21);1H. The summed E-state index contributed by atoms with van der Waals surface area (Å²) in [5.74, 6) is 0.968. The van der Waals surface area contributed by atoms with Gasteiger partial charge in [-0.05, 0) is 32.3 Å². The first kappa shape index (κ1) is 19.7. The Balaban J connectivity index is 0.00000264. The molecule has 5 nitrogen and oxygen atoms in total. The summed E-state index contributed by atoms with van der Waals surface area (Å²) in [7, 11) is 0. The van der Waals surface area contributed by atoms with Gasteiger partial charge in [0.15, 0.2) is 5.96 Å².